The number of hydrogen-bond acceptors (Lipinski definition) is 3. The van der Waals surface area contributed by atoms with Crippen LogP contribution in [0, 0.1) is 0 Å². The molecule has 4 rings (SSSR count). The molecule has 4 nitrogen and oxygen atoms in total. The van der Waals surface area contributed by atoms with Gasteiger partial charge in [-0.15, -0.1) is 0 Å². The van der Waals surface area contributed by atoms with E-state index in [2.05, 4.69) is 9.97 Å². The summed E-state index contributed by atoms with van der Waals surface area (Å²) in [4.78, 5) is 8.94. The van der Waals surface area contributed by atoms with Gasteiger partial charge in [0.1, 0.15) is 5.75 Å². The van der Waals surface area contributed by atoms with E-state index in [0.29, 0.717) is 17.0 Å². The molecule has 0 saturated carbocycles. The van der Waals surface area contributed by atoms with Gasteiger partial charge >= 0.3 is 0 Å². The number of phenolic OH excluding ortho intramolecular Hbond substituents is 1. The number of aromatic nitrogens is 3. The van der Waals surface area contributed by atoms with Gasteiger partial charge in [-0.05, 0) is 36.4 Å². The van der Waals surface area contributed by atoms with E-state index in [1.54, 1.807) is 18.3 Å². The molecule has 0 aliphatic rings. The Morgan fingerprint density at radius 1 is 0.826 bits per heavy atom. The van der Waals surface area contributed by atoms with Crippen LogP contribution in [0.1, 0.15) is 0 Å². The van der Waals surface area contributed by atoms with E-state index in [1.165, 1.54) is 0 Å². The minimum Gasteiger partial charge on any atom is -0.507 e. The minimum atomic E-state index is 0. The SMILES string of the molecule is Oc1ccccc1-c1nc2ncccc2n1-c1ccccc1.[Zn]. The van der Waals surface area contributed by atoms with E-state index in [0.717, 1.165) is 11.2 Å². The number of hydrogen-bond donors (Lipinski definition) is 1. The van der Waals surface area contributed by atoms with Gasteiger partial charge in [0.05, 0.1) is 11.1 Å². The Labute approximate surface area is 146 Å². The molecule has 0 atom stereocenters. The number of imidazole rings is 1. The maximum atomic E-state index is 10.2. The Balaban J connectivity index is 0.00000156. The number of para-hydroxylation sites is 2. The normalized spacial score (nSPS) is 10.4. The first-order chi connectivity index (χ1) is 10.8. The largest absolute Gasteiger partial charge is 0.507 e. The second kappa shape index (κ2) is 6.31. The van der Waals surface area contributed by atoms with Crippen molar-refractivity contribution in [3.8, 4) is 22.8 Å². The van der Waals surface area contributed by atoms with Gasteiger partial charge in [0.25, 0.3) is 0 Å². The molecule has 108 valence electrons. The smallest absolute Gasteiger partial charge is 0.178 e. The molecule has 0 saturated heterocycles. The molecule has 0 spiro atoms. The van der Waals surface area contributed by atoms with Crippen molar-refractivity contribution in [1.29, 1.82) is 0 Å². The molecule has 1 N–H and O–H groups in total. The predicted molar refractivity (Wildman–Crippen MR) is 86.0 cm³/mol. The van der Waals surface area contributed by atoms with E-state index in [-0.39, 0.29) is 25.2 Å². The summed E-state index contributed by atoms with van der Waals surface area (Å²) in [5.74, 6) is 0.882. The fourth-order valence-electron chi connectivity index (χ4n) is 2.60. The average molecular weight is 353 g/mol. The Morgan fingerprint density at radius 2 is 1.57 bits per heavy atom. The van der Waals surface area contributed by atoms with Crippen LogP contribution in [0.5, 0.6) is 5.75 Å². The maximum Gasteiger partial charge on any atom is 0.178 e. The summed E-state index contributed by atoms with van der Waals surface area (Å²) in [5.41, 5.74) is 3.23. The van der Waals surface area contributed by atoms with Crippen molar-refractivity contribution < 1.29 is 24.6 Å². The fourth-order valence-corrected chi connectivity index (χ4v) is 2.60. The van der Waals surface area contributed by atoms with Crippen molar-refractivity contribution in [2.75, 3.05) is 0 Å². The molecule has 0 fully saturated rings. The predicted octanol–water partition coefficient (Wildman–Crippen LogP) is 3.79. The summed E-state index contributed by atoms with van der Waals surface area (Å²) in [7, 11) is 0. The van der Waals surface area contributed by atoms with E-state index in [1.807, 2.05) is 59.2 Å². The third-order valence-corrected chi connectivity index (χ3v) is 3.59. The van der Waals surface area contributed by atoms with Gasteiger partial charge in [-0.3, -0.25) is 4.57 Å². The zero-order valence-electron chi connectivity index (χ0n) is 12.4. The van der Waals surface area contributed by atoms with Crippen LogP contribution in [0.4, 0.5) is 0 Å². The first-order valence-electron chi connectivity index (χ1n) is 7.02. The number of nitrogens with zero attached hydrogens (tertiary/aromatic N) is 3. The molecule has 23 heavy (non-hydrogen) atoms. The van der Waals surface area contributed by atoms with Gasteiger partial charge in [0.2, 0.25) is 0 Å². The molecular formula is C18H13N3OZn. The zero-order valence-corrected chi connectivity index (χ0v) is 15.4. The molecule has 0 radical (unpaired) electrons. The van der Waals surface area contributed by atoms with Crippen molar-refractivity contribution in [2.24, 2.45) is 0 Å². The molecule has 0 aliphatic carbocycles. The summed E-state index contributed by atoms with van der Waals surface area (Å²) in [6, 6.07) is 21.0. The molecule has 4 aromatic rings. The van der Waals surface area contributed by atoms with Crippen molar-refractivity contribution in [2.45, 2.75) is 0 Å². The Kier molecular flexibility index (Phi) is 4.22. The maximum absolute atomic E-state index is 10.2. The summed E-state index contributed by atoms with van der Waals surface area (Å²) in [6.45, 7) is 0. The van der Waals surface area contributed by atoms with Gasteiger partial charge in [-0.25, -0.2) is 9.97 Å². The van der Waals surface area contributed by atoms with Crippen molar-refractivity contribution >= 4 is 11.2 Å². The van der Waals surface area contributed by atoms with Gasteiger partial charge in [-0.1, -0.05) is 30.3 Å². The minimum absolute atomic E-state index is 0. The van der Waals surface area contributed by atoms with E-state index in [4.69, 9.17) is 0 Å². The third kappa shape index (κ3) is 2.64. The Morgan fingerprint density at radius 3 is 2.35 bits per heavy atom. The molecule has 0 aliphatic heterocycles. The standard InChI is InChI=1S/C18H13N3O.Zn/c22-16-11-5-4-9-14(16)18-20-17-15(10-6-12-19-17)21(18)13-7-2-1-3-8-13;/h1-12,22H;. The third-order valence-electron chi connectivity index (χ3n) is 3.59. The molecule has 2 heterocycles. The Hall–Kier alpha value is -2.52. The zero-order chi connectivity index (χ0) is 14.9. The monoisotopic (exact) mass is 351 g/mol. The molecule has 0 bridgehead atoms. The average Bonchev–Trinajstić information content (AvgIpc) is 2.95. The van der Waals surface area contributed by atoms with Crippen molar-refractivity contribution in [3.05, 3.63) is 72.9 Å². The number of fused-ring (bicyclic) bond motifs is 1. The van der Waals surface area contributed by atoms with Crippen LogP contribution < -0.4 is 0 Å². The van der Waals surface area contributed by atoms with Crippen LogP contribution in [0.25, 0.3) is 28.2 Å². The molecule has 5 heteroatoms. The van der Waals surface area contributed by atoms with Gasteiger partial charge in [0.15, 0.2) is 11.5 Å². The molecule has 0 unspecified atom stereocenters. The Bertz CT molecular complexity index is 951. The van der Waals surface area contributed by atoms with Crippen LogP contribution in [0.3, 0.4) is 0 Å². The second-order valence-electron chi connectivity index (χ2n) is 4.97. The number of aromatic hydroxyl groups is 1. The summed E-state index contributed by atoms with van der Waals surface area (Å²) in [6.07, 6.45) is 1.72. The number of benzene rings is 2. The van der Waals surface area contributed by atoms with Crippen molar-refractivity contribution in [3.63, 3.8) is 0 Å². The van der Waals surface area contributed by atoms with Gasteiger partial charge in [0, 0.05) is 31.4 Å². The van der Waals surface area contributed by atoms with Gasteiger partial charge < -0.3 is 5.11 Å². The number of phenols is 1. The van der Waals surface area contributed by atoms with Crippen molar-refractivity contribution in [1.82, 2.24) is 14.5 Å². The number of rotatable bonds is 2. The first-order valence-corrected chi connectivity index (χ1v) is 7.02. The summed E-state index contributed by atoms with van der Waals surface area (Å²) < 4.78 is 2.01. The number of pyridine rings is 1. The second-order valence-corrected chi connectivity index (χ2v) is 4.97. The fraction of sp³-hybridized carbons (Fsp3) is 0. The van der Waals surface area contributed by atoms with Gasteiger partial charge in [-0.2, -0.15) is 0 Å². The quantitative estimate of drug-likeness (QED) is 0.558. The van der Waals surface area contributed by atoms with Crippen LogP contribution in [-0.2, 0) is 19.5 Å². The van der Waals surface area contributed by atoms with Crippen LogP contribution >= 0.6 is 0 Å². The van der Waals surface area contributed by atoms with E-state index < -0.39 is 0 Å². The summed E-state index contributed by atoms with van der Waals surface area (Å²) >= 11 is 0. The van der Waals surface area contributed by atoms with E-state index >= 15 is 0 Å². The van der Waals surface area contributed by atoms with E-state index in [9.17, 15) is 5.11 Å². The van der Waals surface area contributed by atoms with Crippen LogP contribution in [0.2, 0.25) is 0 Å². The molecule has 2 aromatic carbocycles. The summed E-state index contributed by atoms with van der Waals surface area (Å²) in [5, 5.41) is 10.2. The molecular weight excluding hydrogens is 340 g/mol. The first kappa shape index (κ1) is 15.4. The molecule has 0 amide bonds. The van der Waals surface area contributed by atoms with Crippen LogP contribution in [-0.4, -0.2) is 19.6 Å². The van der Waals surface area contributed by atoms with Crippen LogP contribution in [0.15, 0.2) is 72.9 Å². The molecule has 2 aromatic heterocycles. The topological polar surface area (TPSA) is 50.9 Å².